The maximum Gasteiger partial charge on any atom is 0.397 e. The minimum Gasteiger partial charge on any atom is -0.264 e. The Kier molecular flexibility index (Phi) is 38.6. The van der Waals surface area contributed by atoms with Crippen LogP contribution in [0.3, 0.4) is 0 Å². The van der Waals surface area contributed by atoms with E-state index >= 15 is 0 Å². The lowest BCUT2D eigenvalue weighted by molar-refractivity contribution is 0.204. The molecule has 0 aromatic heterocycles. The fourth-order valence-corrected chi connectivity index (χ4v) is 7.53. The third kappa shape index (κ3) is 42.0. The third-order valence-corrected chi connectivity index (χ3v) is 10.8. The summed E-state index contributed by atoms with van der Waals surface area (Å²) in [6.45, 7) is 4.71. The Morgan fingerprint density at radius 1 is 0.362 bits per heavy atom. The van der Waals surface area contributed by atoms with Gasteiger partial charge in [0.2, 0.25) is 0 Å². The number of unbranched alkanes of at least 4 members (excludes halogenated alkanes) is 34. The average Bonchev–Trinajstić information content (AvgIpc) is 3.05. The minimum absolute atomic E-state index is 0.136. The van der Waals surface area contributed by atoms with Crippen LogP contribution in [0.1, 0.15) is 258 Å². The van der Waals surface area contributed by atoms with Gasteiger partial charge in [0.15, 0.2) is 0 Å². The molecule has 5 heteroatoms. The van der Waals surface area contributed by atoms with Crippen LogP contribution in [0.4, 0.5) is 0 Å². The SMILES string of the molecule is CCCCCCCCCCCCCCCCCCCCC(CCCCCCCCCCCCCCCCCCCC)COS(=O)(=O)O. The van der Waals surface area contributed by atoms with Gasteiger partial charge in [-0.05, 0) is 18.8 Å². The molecule has 47 heavy (non-hydrogen) atoms. The van der Waals surface area contributed by atoms with Crippen molar-refractivity contribution in [3.05, 3.63) is 0 Å². The van der Waals surface area contributed by atoms with Crippen LogP contribution >= 0.6 is 0 Å². The number of hydrogen-bond donors (Lipinski definition) is 1. The Morgan fingerprint density at radius 2 is 0.553 bits per heavy atom. The first-order valence-corrected chi connectivity index (χ1v) is 23.0. The van der Waals surface area contributed by atoms with Crippen LogP contribution in [0, 0.1) is 5.92 Å². The van der Waals surface area contributed by atoms with E-state index in [-0.39, 0.29) is 12.5 Å². The quantitative estimate of drug-likeness (QED) is 0.0513. The van der Waals surface area contributed by atoms with Crippen molar-refractivity contribution >= 4 is 10.4 Å². The van der Waals surface area contributed by atoms with Crippen LogP contribution in [-0.2, 0) is 14.6 Å². The van der Waals surface area contributed by atoms with Crippen molar-refractivity contribution in [1.82, 2.24) is 0 Å². The van der Waals surface area contributed by atoms with Gasteiger partial charge in [-0.1, -0.05) is 245 Å². The van der Waals surface area contributed by atoms with Crippen molar-refractivity contribution in [2.45, 2.75) is 258 Å². The molecule has 284 valence electrons. The Labute approximate surface area is 297 Å². The zero-order valence-electron chi connectivity index (χ0n) is 32.2. The summed E-state index contributed by atoms with van der Waals surface area (Å²) < 4.78 is 36.2. The molecule has 0 atom stereocenters. The van der Waals surface area contributed by atoms with Gasteiger partial charge in [-0.15, -0.1) is 0 Å². The predicted molar refractivity (Wildman–Crippen MR) is 208 cm³/mol. The van der Waals surface area contributed by atoms with Crippen LogP contribution in [0.5, 0.6) is 0 Å². The monoisotopic (exact) mass is 687 g/mol. The predicted octanol–water partition coefficient (Wildman–Crippen LogP) is 15.3. The highest BCUT2D eigenvalue weighted by molar-refractivity contribution is 7.80. The Balaban J connectivity index is 3.61. The van der Waals surface area contributed by atoms with E-state index in [1.54, 1.807) is 0 Å². The highest BCUT2D eigenvalue weighted by atomic mass is 32.3. The zero-order valence-corrected chi connectivity index (χ0v) is 33.1. The molecule has 0 radical (unpaired) electrons. The lowest BCUT2D eigenvalue weighted by Crippen LogP contribution is -2.14. The van der Waals surface area contributed by atoms with Crippen molar-refractivity contribution in [1.29, 1.82) is 0 Å². The molecule has 0 spiro atoms. The number of rotatable bonds is 41. The summed E-state index contributed by atoms with van der Waals surface area (Å²) in [4.78, 5) is 0. The van der Waals surface area contributed by atoms with Gasteiger partial charge in [0.25, 0.3) is 0 Å². The molecule has 0 bridgehead atoms. The summed E-state index contributed by atoms with van der Waals surface area (Å²) in [5.74, 6) is 0.235. The topological polar surface area (TPSA) is 63.6 Å². The van der Waals surface area contributed by atoms with Gasteiger partial charge >= 0.3 is 10.4 Å². The molecule has 0 aliphatic rings. The molecular weight excluding hydrogens is 601 g/mol. The Hall–Kier alpha value is -0.130. The first-order valence-electron chi connectivity index (χ1n) is 21.6. The van der Waals surface area contributed by atoms with Crippen molar-refractivity contribution in [3.63, 3.8) is 0 Å². The first-order chi connectivity index (χ1) is 23.0. The Bertz CT molecular complexity index is 640. The molecule has 0 fully saturated rings. The molecule has 0 aromatic rings. The summed E-state index contributed by atoms with van der Waals surface area (Å²) in [5.41, 5.74) is 0. The van der Waals surface area contributed by atoms with Gasteiger partial charge < -0.3 is 0 Å². The van der Waals surface area contributed by atoms with Crippen LogP contribution in [-0.4, -0.2) is 19.6 Å². The molecule has 0 aromatic carbocycles. The first kappa shape index (κ1) is 46.9. The molecule has 0 aliphatic heterocycles. The van der Waals surface area contributed by atoms with Gasteiger partial charge in [-0.25, -0.2) is 4.18 Å². The highest BCUT2D eigenvalue weighted by Crippen LogP contribution is 2.21. The van der Waals surface area contributed by atoms with E-state index < -0.39 is 10.4 Å². The van der Waals surface area contributed by atoms with Gasteiger partial charge in [0.1, 0.15) is 0 Å². The second kappa shape index (κ2) is 38.7. The molecule has 0 heterocycles. The summed E-state index contributed by atoms with van der Waals surface area (Å²) in [6, 6.07) is 0. The van der Waals surface area contributed by atoms with Crippen molar-refractivity contribution in [2.75, 3.05) is 6.61 Å². The van der Waals surface area contributed by atoms with Crippen LogP contribution in [0.25, 0.3) is 0 Å². The summed E-state index contributed by atoms with van der Waals surface area (Å²) in [7, 11) is -4.34. The standard InChI is InChI=1S/C42H86O4S/c1-3-5-7-9-11-13-15-17-19-21-23-25-27-29-31-33-35-37-39-42(41-46-47(43,44)45)40-38-36-34-32-30-28-26-24-22-20-18-16-14-12-10-8-6-4-2/h42H,3-41H2,1-2H3,(H,43,44,45). The summed E-state index contributed by atoms with van der Waals surface area (Å²) in [5, 5.41) is 0. The van der Waals surface area contributed by atoms with E-state index in [1.165, 1.54) is 218 Å². The summed E-state index contributed by atoms with van der Waals surface area (Å²) >= 11 is 0. The van der Waals surface area contributed by atoms with E-state index in [2.05, 4.69) is 13.8 Å². The third-order valence-electron chi connectivity index (χ3n) is 10.4. The zero-order chi connectivity index (χ0) is 34.4. The fraction of sp³-hybridized carbons (Fsp3) is 1.00. The average molecular weight is 687 g/mol. The van der Waals surface area contributed by atoms with E-state index in [9.17, 15) is 8.42 Å². The largest absolute Gasteiger partial charge is 0.397 e. The van der Waals surface area contributed by atoms with E-state index in [4.69, 9.17) is 8.74 Å². The smallest absolute Gasteiger partial charge is 0.264 e. The fourth-order valence-electron chi connectivity index (χ4n) is 7.16. The molecule has 4 nitrogen and oxygen atoms in total. The van der Waals surface area contributed by atoms with Gasteiger partial charge in [-0.2, -0.15) is 8.42 Å². The molecule has 0 saturated heterocycles. The maximum atomic E-state index is 11.2. The normalized spacial score (nSPS) is 12.1. The highest BCUT2D eigenvalue weighted by Gasteiger charge is 2.13. The molecule has 0 unspecified atom stereocenters. The molecule has 0 amide bonds. The van der Waals surface area contributed by atoms with Crippen LogP contribution < -0.4 is 0 Å². The van der Waals surface area contributed by atoms with Crippen LogP contribution in [0.15, 0.2) is 0 Å². The Morgan fingerprint density at radius 3 is 0.745 bits per heavy atom. The van der Waals surface area contributed by atoms with Gasteiger partial charge in [0.05, 0.1) is 6.61 Å². The minimum atomic E-state index is -4.34. The van der Waals surface area contributed by atoms with Crippen LogP contribution in [0.2, 0.25) is 0 Å². The van der Waals surface area contributed by atoms with Crippen molar-refractivity contribution < 1.29 is 17.2 Å². The lowest BCUT2D eigenvalue weighted by Gasteiger charge is -2.16. The molecule has 0 rings (SSSR count). The van der Waals surface area contributed by atoms with Crippen molar-refractivity contribution in [3.8, 4) is 0 Å². The maximum absolute atomic E-state index is 11.2. The molecule has 1 N–H and O–H groups in total. The molecule has 0 aliphatic carbocycles. The van der Waals surface area contributed by atoms with Crippen molar-refractivity contribution in [2.24, 2.45) is 5.92 Å². The second-order valence-corrected chi connectivity index (χ2v) is 16.3. The molecule has 0 saturated carbocycles. The summed E-state index contributed by atoms with van der Waals surface area (Å²) in [6.07, 6.45) is 51.5. The van der Waals surface area contributed by atoms with Gasteiger partial charge in [0, 0.05) is 0 Å². The number of hydrogen-bond acceptors (Lipinski definition) is 3. The second-order valence-electron chi connectivity index (χ2n) is 15.2. The van der Waals surface area contributed by atoms with Gasteiger partial charge in [-0.3, -0.25) is 4.55 Å². The lowest BCUT2D eigenvalue weighted by atomic mass is 9.94. The van der Waals surface area contributed by atoms with E-state index in [0.29, 0.717) is 0 Å². The molecular formula is C42H86O4S. The van der Waals surface area contributed by atoms with E-state index in [0.717, 1.165) is 25.7 Å². The van der Waals surface area contributed by atoms with E-state index in [1.807, 2.05) is 0 Å².